The molecule has 1 aromatic rings. The Kier molecular flexibility index (Phi) is 4.45. The quantitative estimate of drug-likeness (QED) is 0.572. The number of allylic oxidation sites excluding steroid dienone is 1. The molecule has 1 nitrogen and oxygen atoms in total. The molecule has 0 spiro atoms. The molecule has 0 aliphatic carbocycles. The Morgan fingerprint density at radius 1 is 1.12 bits per heavy atom. The molecule has 0 fully saturated rings. The molecule has 1 rings (SSSR count). The van der Waals surface area contributed by atoms with Crippen LogP contribution in [0.5, 0.6) is 0 Å². The first-order valence-electron chi connectivity index (χ1n) is 5.58. The van der Waals surface area contributed by atoms with Gasteiger partial charge in [0, 0.05) is 12.0 Å². The summed E-state index contributed by atoms with van der Waals surface area (Å²) in [7, 11) is -1.58. The van der Waals surface area contributed by atoms with Crippen LogP contribution in [-0.4, -0.2) is 8.32 Å². The van der Waals surface area contributed by atoms with Crippen molar-refractivity contribution in [3.8, 4) is 0 Å². The standard InChI is InChI=1S/C13H18F2OSi/c1-10(5-6-16-17(2,3)4)11-7-12(14)9-13(15)8-11/h5-10H,1-4H3/b6-5-. The summed E-state index contributed by atoms with van der Waals surface area (Å²) >= 11 is 0. The van der Waals surface area contributed by atoms with Crippen LogP contribution in [-0.2, 0) is 4.43 Å². The van der Waals surface area contributed by atoms with E-state index < -0.39 is 20.0 Å². The van der Waals surface area contributed by atoms with E-state index in [1.54, 1.807) is 6.26 Å². The Hall–Kier alpha value is -1.16. The van der Waals surface area contributed by atoms with Crippen molar-refractivity contribution in [2.45, 2.75) is 32.5 Å². The molecule has 0 aromatic heterocycles. The van der Waals surface area contributed by atoms with Crippen LogP contribution in [0.2, 0.25) is 19.6 Å². The third-order valence-corrected chi connectivity index (χ3v) is 3.04. The molecule has 0 radical (unpaired) electrons. The number of rotatable bonds is 4. The van der Waals surface area contributed by atoms with Gasteiger partial charge in [-0.3, -0.25) is 0 Å². The van der Waals surface area contributed by atoms with Crippen LogP contribution < -0.4 is 0 Å². The van der Waals surface area contributed by atoms with Gasteiger partial charge in [-0.2, -0.15) is 0 Å². The van der Waals surface area contributed by atoms with Crippen LogP contribution in [0, 0.1) is 11.6 Å². The van der Waals surface area contributed by atoms with E-state index in [0.717, 1.165) is 6.07 Å². The number of hydrogen-bond donors (Lipinski definition) is 0. The van der Waals surface area contributed by atoms with Crippen molar-refractivity contribution < 1.29 is 13.2 Å². The van der Waals surface area contributed by atoms with E-state index in [4.69, 9.17) is 4.43 Å². The van der Waals surface area contributed by atoms with E-state index in [1.165, 1.54) is 12.1 Å². The molecule has 0 heterocycles. The molecular formula is C13H18F2OSi. The van der Waals surface area contributed by atoms with Crippen molar-refractivity contribution in [1.29, 1.82) is 0 Å². The van der Waals surface area contributed by atoms with Crippen LogP contribution in [0.25, 0.3) is 0 Å². The van der Waals surface area contributed by atoms with Crippen molar-refractivity contribution in [3.63, 3.8) is 0 Å². The average molecular weight is 256 g/mol. The van der Waals surface area contributed by atoms with Crippen LogP contribution in [0.4, 0.5) is 8.78 Å². The van der Waals surface area contributed by atoms with Gasteiger partial charge in [0.05, 0.1) is 6.26 Å². The van der Waals surface area contributed by atoms with Gasteiger partial charge in [0.1, 0.15) is 11.6 Å². The fraction of sp³-hybridized carbons (Fsp3) is 0.385. The molecule has 1 unspecified atom stereocenters. The lowest BCUT2D eigenvalue weighted by Gasteiger charge is -2.15. The fourth-order valence-corrected chi connectivity index (χ4v) is 1.80. The zero-order valence-corrected chi connectivity index (χ0v) is 11.6. The van der Waals surface area contributed by atoms with Crippen molar-refractivity contribution in [2.75, 3.05) is 0 Å². The molecule has 17 heavy (non-hydrogen) atoms. The number of benzene rings is 1. The molecule has 0 saturated carbocycles. The topological polar surface area (TPSA) is 9.23 Å². The van der Waals surface area contributed by atoms with Gasteiger partial charge in [-0.25, -0.2) is 8.78 Å². The molecule has 0 saturated heterocycles. The highest BCUT2D eigenvalue weighted by atomic mass is 28.4. The second kappa shape index (κ2) is 5.45. The van der Waals surface area contributed by atoms with E-state index >= 15 is 0 Å². The maximum atomic E-state index is 13.0. The number of halogens is 2. The predicted molar refractivity (Wildman–Crippen MR) is 68.3 cm³/mol. The van der Waals surface area contributed by atoms with Gasteiger partial charge in [0.25, 0.3) is 0 Å². The monoisotopic (exact) mass is 256 g/mol. The molecule has 0 aliphatic rings. The minimum Gasteiger partial charge on any atom is -0.550 e. The van der Waals surface area contributed by atoms with E-state index in [-0.39, 0.29) is 5.92 Å². The minimum absolute atomic E-state index is 0.0726. The Morgan fingerprint density at radius 2 is 1.65 bits per heavy atom. The van der Waals surface area contributed by atoms with Gasteiger partial charge >= 0.3 is 0 Å². The summed E-state index contributed by atoms with van der Waals surface area (Å²) in [6.45, 7) is 8.09. The minimum atomic E-state index is -1.58. The molecule has 94 valence electrons. The highest BCUT2D eigenvalue weighted by Gasteiger charge is 2.13. The molecule has 1 atom stereocenters. The first kappa shape index (κ1) is 13.9. The zero-order valence-electron chi connectivity index (χ0n) is 10.6. The van der Waals surface area contributed by atoms with E-state index in [1.807, 2.05) is 13.0 Å². The molecule has 0 amide bonds. The highest BCUT2D eigenvalue weighted by molar-refractivity contribution is 6.69. The van der Waals surface area contributed by atoms with E-state index in [9.17, 15) is 8.78 Å². The normalized spacial score (nSPS) is 14.0. The van der Waals surface area contributed by atoms with Gasteiger partial charge in [0.15, 0.2) is 0 Å². The van der Waals surface area contributed by atoms with Gasteiger partial charge in [0.2, 0.25) is 8.32 Å². The van der Waals surface area contributed by atoms with Gasteiger partial charge in [-0.15, -0.1) is 0 Å². The molecule has 0 aliphatic heterocycles. The van der Waals surface area contributed by atoms with Gasteiger partial charge in [-0.1, -0.05) is 6.92 Å². The van der Waals surface area contributed by atoms with Crippen LogP contribution >= 0.6 is 0 Å². The summed E-state index contributed by atoms with van der Waals surface area (Å²) in [5.74, 6) is -1.17. The first-order valence-corrected chi connectivity index (χ1v) is 8.99. The van der Waals surface area contributed by atoms with Crippen molar-refractivity contribution in [2.24, 2.45) is 0 Å². The Morgan fingerprint density at radius 3 is 2.12 bits per heavy atom. The Balaban J connectivity index is 2.73. The lowest BCUT2D eigenvalue weighted by Crippen LogP contribution is -2.22. The van der Waals surface area contributed by atoms with Crippen molar-refractivity contribution in [3.05, 3.63) is 47.7 Å². The smallest absolute Gasteiger partial charge is 0.241 e. The summed E-state index contributed by atoms with van der Waals surface area (Å²) in [5, 5.41) is 0. The van der Waals surface area contributed by atoms with Crippen LogP contribution in [0.1, 0.15) is 18.4 Å². The maximum absolute atomic E-state index is 13.0. The van der Waals surface area contributed by atoms with Crippen LogP contribution in [0.3, 0.4) is 0 Å². The summed E-state index contributed by atoms with van der Waals surface area (Å²) in [6.07, 6.45) is 3.45. The molecule has 4 heteroatoms. The van der Waals surface area contributed by atoms with Crippen molar-refractivity contribution >= 4 is 8.32 Å². The largest absolute Gasteiger partial charge is 0.550 e. The predicted octanol–water partition coefficient (Wildman–Crippen LogP) is 4.43. The maximum Gasteiger partial charge on any atom is 0.241 e. The summed E-state index contributed by atoms with van der Waals surface area (Å²) in [4.78, 5) is 0. The third kappa shape index (κ3) is 5.13. The second-order valence-electron chi connectivity index (χ2n) is 5.05. The van der Waals surface area contributed by atoms with E-state index in [0.29, 0.717) is 5.56 Å². The zero-order chi connectivity index (χ0) is 13.1. The summed E-state index contributed by atoms with van der Waals surface area (Å²) in [5.41, 5.74) is 0.609. The van der Waals surface area contributed by atoms with E-state index in [2.05, 4.69) is 19.6 Å². The molecule has 1 aromatic carbocycles. The SMILES string of the molecule is CC(/C=C\O[Si](C)(C)C)c1cc(F)cc(F)c1. The fourth-order valence-electron chi connectivity index (χ4n) is 1.31. The highest BCUT2D eigenvalue weighted by Crippen LogP contribution is 2.19. The lowest BCUT2D eigenvalue weighted by atomic mass is 10.0. The van der Waals surface area contributed by atoms with Gasteiger partial charge < -0.3 is 4.43 Å². The Labute approximate surface area is 102 Å². The summed E-state index contributed by atoms with van der Waals surface area (Å²) in [6, 6.07) is 3.55. The number of hydrogen-bond acceptors (Lipinski definition) is 1. The van der Waals surface area contributed by atoms with Gasteiger partial charge in [-0.05, 0) is 43.4 Å². The third-order valence-electron chi connectivity index (χ3n) is 2.20. The lowest BCUT2D eigenvalue weighted by molar-refractivity contribution is 0.475. The summed E-state index contributed by atoms with van der Waals surface area (Å²) < 4.78 is 31.6. The van der Waals surface area contributed by atoms with Crippen LogP contribution in [0.15, 0.2) is 30.5 Å². The first-order chi connectivity index (χ1) is 7.78. The molecular weight excluding hydrogens is 238 g/mol. The Bertz CT molecular complexity index is 390. The average Bonchev–Trinajstić information content (AvgIpc) is 2.13. The molecule has 0 N–H and O–H groups in total. The van der Waals surface area contributed by atoms with Crippen molar-refractivity contribution in [1.82, 2.24) is 0 Å². The second-order valence-corrected chi connectivity index (χ2v) is 9.51. The molecule has 0 bridgehead atoms.